The average molecular weight is 531 g/mol. The molecule has 0 amide bonds. The fourth-order valence-electron chi connectivity index (χ4n) is 3.93. The van der Waals surface area contributed by atoms with Crippen molar-refractivity contribution in [2.45, 2.75) is 13.8 Å². The average Bonchev–Trinajstić information content (AvgIpc) is 2.95. The van der Waals surface area contributed by atoms with E-state index in [9.17, 15) is 20.2 Å². The van der Waals surface area contributed by atoms with Crippen LogP contribution in [0.5, 0.6) is 0 Å². The third-order valence-electron chi connectivity index (χ3n) is 6.11. The zero-order chi connectivity index (χ0) is 28.5. The Morgan fingerprint density at radius 3 is 1.27 bits per heavy atom. The van der Waals surface area contributed by atoms with Crippen molar-refractivity contribution in [2.24, 2.45) is 9.98 Å². The van der Waals surface area contributed by atoms with Gasteiger partial charge in [-0.1, -0.05) is 24.3 Å². The van der Waals surface area contributed by atoms with Gasteiger partial charge in [0.25, 0.3) is 11.4 Å². The number of hydrogen-bond acceptors (Lipinski definition) is 6. The highest BCUT2D eigenvalue weighted by Gasteiger charge is 2.05. The summed E-state index contributed by atoms with van der Waals surface area (Å²) >= 11 is 0. The van der Waals surface area contributed by atoms with E-state index >= 15 is 0 Å². The van der Waals surface area contributed by atoms with E-state index in [2.05, 4.69) is 22.1 Å². The summed E-state index contributed by atoms with van der Waals surface area (Å²) < 4.78 is 0. The van der Waals surface area contributed by atoms with E-state index in [-0.39, 0.29) is 11.4 Å². The number of rotatable bonds is 9. The Morgan fingerprint density at radius 1 is 0.575 bits per heavy atom. The van der Waals surface area contributed by atoms with Crippen molar-refractivity contribution in [3.05, 3.63) is 140 Å². The van der Waals surface area contributed by atoms with E-state index in [0.29, 0.717) is 0 Å². The third-order valence-corrected chi connectivity index (χ3v) is 6.11. The van der Waals surface area contributed by atoms with Crippen LogP contribution in [-0.2, 0) is 0 Å². The fraction of sp³-hybridized carbons (Fsp3) is 0.0625. The van der Waals surface area contributed by atoms with Crippen LogP contribution in [0.2, 0.25) is 0 Å². The van der Waals surface area contributed by atoms with Crippen molar-refractivity contribution in [1.29, 1.82) is 0 Å². The molecule has 0 radical (unpaired) electrons. The van der Waals surface area contributed by atoms with Gasteiger partial charge in [0, 0.05) is 36.7 Å². The van der Waals surface area contributed by atoms with Gasteiger partial charge in [0.05, 0.1) is 21.2 Å². The van der Waals surface area contributed by atoms with Crippen LogP contribution < -0.4 is 0 Å². The van der Waals surface area contributed by atoms with Crippen LogP contribution in [0.25, 0.3) is 23.3 Å². The second-order valence-corrected chi connectivity index (χ2v) is 8.97. The van der Waals surface area contributed by atoms with Crippen molar-refractivity contribution in [3.8, 4) is 11.1 Å². The monoisotopic (exact) mass is 530 g/mol. The third kappa shape index (κ3) is 7.29. The molecule has 0 unspecified atom stereocenters. The van der Waals surface area contributed by atoms with Gasteiger partial charge in [0.1, 0.15) is 0 Å². The van der Waals surface area contributed by atoms with E-state index in [4.69, 9.17) is 0 Å². The standard InChI is InChI=1S/C32H26N4O4/c1-23-21-27(11-17-31(23)33-19-3-5-25-7-13-29(14-8-25)35(37)38)28-12-18-32(24(2)22-28)34-20-4-6-26-9-15-30(16-10-26)36(39)40/h3-22H,1-2H3. The molecule has 0 atom stereocenters. The van der Waals surface area contributed by atoms with E-state index in [0.717, 1.165) is 44.8 Å². The molecule has 0 aromatic heterocycles. The highest BCUT2D eigenvalue weighted by Crippen LogP contribution is 2.30. The molecule has 0 aliphatic carbocycles. The predicted molar refractivity (Wildman–Crippen MR) is 162 cm³/mol. The second-order valence-electron chi connectivity index (χ2n) is 8.97. The first kappa shape index (κ1) is 27.5. The Labute approximate surface area is 231 Å². The first-order chi connectivity index (χ1) is 19.3. The topological polar surface area (TPSA) is 111 Å². The highest BCUT2D eigenvalue weighted by atomic mass is 16.6. The smallest absolute Gasteiger partial charge is 0.258 e. The number of allylic oxidation sites excluding steroid dienone is 2. The molecule has 0 bridgehead atoms. The van der Waals surface area contributed by atoms with Gasteiger partial charge in [-0.25, -0.2) is 0 Å². The molecule has 0 spiro atoms. The second kappa shape index (κ2) is 12.8. The normalized spacial score (nSPS) is 11.8. The lowest BCUT2D eigenvalue weighted by Gasteiger charge is -2.08. The summed E-state index contributed by atoms with van der Waals surface area (Å²) in [6.45, 7) is 4.03. The zero-order valence-corrected chi connectivity index (χ0v) is 22.0. The molecule has 4 aromatic rings. The maximum absolute atomic E-state index is 10.8. The molecule has 40 heavy (non-hydrogen) atoms. The summed E-state index contributed by atoms with van der Waals surface area (Å²) in [5, 5.41) is 21.5. The summed E-state index contributed by atoms with van der Waals surface area (Å²) in [4.78, 5) is 29.8. The van der Waals surface area contributed by atoms with Gasteiger partial charge >= 0.3 is 0 Å². The van der Waals surface area contributed by atoms with Crippen molar-refractivity contribution in [3.63, 3.8) is 0 Å². The van der Waals surface area contributed by atoms with Gasteiger partial charge in [-0.2, -0.15) is 0 Å². The first-order valence-electron chi connectivity index (χ1n) is 12.4. The van der Waals surface area contributed by atoms with Crippen LogP contribution in [0.4, 0.5) is 22.7 Å². The highest BCUT2D eigenvalue weighted by molar-refractivity contribution is 5.82. The molecule has 0 fully saturated rings. The molecular weight excluding hydrogens is 504 g/mol. The molecule has 4 aromatic carbocycles. The fourth-order valence-corrected chi connectivity index (χ4v) is 3.93. The van der Waals surface area contributed by atoms with Crippen LogP contribution >= 0.6 is 0 Å². The molecule has 0 heterocycles. The molecular formula is C32H26N4O4. The van der Waals surface area contributed by atoms with Crippen molar-refractivity contribution < 1.29 is 9.85 Å². The Bertz CT molecular complexity index is 1530. The molecule has 0 aliphatic rings. The summed E-state index contributed by atoms with van der Waals surface area (Å²) in [6, 6.07) is 24.9. The van der Waals surface area contributed by atoms with E-state index < -0.39 is 9.85 Å². The van der Waals surface area contributed by atoms with Gasteiger partial charge in [-0.15, -0.1) is 0 Å². The molecule has 0 saturated heterocycles. The van der Waals surface area contributed by atoms with Gasteiger partial charge < -0.3 is 0 Å². The number of hydrogen-bond donors (Lipinski definition) is 0. The summed E-state index contributed by atoms with van der Waals surface area (Å²) in [5.41, 5.74) is 7.78. The summed E-state index contributed by atoms with van der Waals surface area (Å²) in [7, 11) is 0. The Kier molecular flexibility index (Phi) is 8.84. The van der Waals surface area contributed by atoms with E-state index in [1.165, 1.54) is 24.3 Å². The van der Waals surface area contributed by atoms with Crippen molar-refractivity contribution >= 4 is 47.3 Å². The number of nitrogens with zero attached hydrogens (tertiary/aromatic N) is 4. The Hall–Kier alpha value is -5.50. The lowest BCUT2D eigenvalue weighted by atomic mass is 10.00. The molecule has 0 N–H and O–H groups in total. The molecule has 198 valence electrons. The summed E-state index contributed by atoms with van der Waals surface area (Å²) in [5.74, 6) is 0. The molecule has 0 aliphatic heterocycles. The minimum absolute atomic E-state index is 0.0630. The van der Waals surface area contributed by atoms with Crippen LogP contribution in [-0.4, -0.2) is 22.3 Å². The van der Waals surface area contributed by atoms with Gasteiger partial charge in [0.2, 0.25) is 0 Å². The predicted octanol–water partition coefficient (Wildman–Crippen LogP) is 8.62. The Morgan fingerprint density at radius 2 is 0.950 bits per heavy atom. The Balaban J connectivity index is 1.38. The minimum Gasteiger partial charge on any atom is -0.258 e. The van der Waals surface area contributed by atoms with Gasteiger partial charge in [0.15, 0.2) is 0 Å². The number of nitro benzene ring substituents is 2. The largest absolute Gasteiger partial charge is 0.269 e. The number of aryl methyl sites for hydroxylation is 2. The maximum atomic E-state index is 10.8. The van der Waals surface area contributed by atoms with E-state index in [1.807, 2.05) is 50.3 Å². The molecule has 0 saturated carbocycles. The maximum Gasteiger partial charge on any atom is 0.269 e. The first-order valence-corrected chi connectivity index (χ1v) is 12.4. The number of benzene rings is 4. The van der Waals surface area contributed by atoms with Crippen molar-refractivity contribution in [2.75, 3.05) is 0 Å². The number of nitro groups is 2. The zero-order valence-electron chi connectivity index (χ0n) is 22.0. The minimum atomic E-state index is -0.419. The van der Waals surface area contributed by atoms with Crippen LogP contribution in [0.3, 0.4) is 0 Å². The summed E-state index contributed by atoms with van der Waals surface area (Å²) in [6.07, 6.45) is 10.7. The number of aliphatic imine (C=N–C) groups is 2. The van der Waals surface area contributed by atoms with Gasteiger partial charge in [-0.3, -0.25) is 30.2 Å². The molecule has 4 rings (SSSR count). The number of non-ortho nitro benzene ring substituents is 2. The lowest BCUT2D eigenvalue weighted by Crippen LogP contribution is -1.86. The van der Waals surface area contributed by atoms with Crippen LogP contribution in [0.1, 0.15) is 22.3 Å². The van der Waals surface area contributed by atoms with Crippen molar-refractivity contribution in [1.82, 2.24) is 0 Å². The molecule has 8 nitrogen and oxygen atoms in total. The lowest BCUT2D eigenvalue weighted by molar-refractivity contribution is -0.385. The SMILES string of the molecule is Cc1cc(-c2ccc(N=CC=Cc3ccc([N+](=O)[O-])cc3)c(C)c2)ccc1N=CC=Cc1ccc([N+](=O)[O-])cc1. The van der Waals surface area contributed by atoms with Gasteiger partial charge in [-0.05, 0) is 108 Å². The van der Waals surface area contributed by atoms with Crippen LogP contribution in [0.15, 0.2) is 107 Å². The van der Waals surface area contributed by atoms with E-state index in [1.54, 1.807) is 48.8 Å². The quantitative estimate of drug-likeness (QED) is 0.122. The molecule has 8 heteroatoms. The van der Waals surface area contributed by atoms with Crippen LogP contribution in [0, 0.1) is 34.1 Å².